The molecule has 1 N–H and O–H groups in total. The van der Waals surface area contributed by atoms with Crippen LogP contribution >= 0.6 is 11.3 Å². The number of hydrogen-bond donors (Lipinski definition) is 1. The lowest BCUT2D eigenvalue weighted by atomic mass is 10.0. The number of aryl methyl sites for hydroxylation is 1. The molecule has 0 bridgehead atoms. The van der Waals surface area contributed by atoms with E-state index in [0.29, 0.717) is 23.8 Å². The standard InChI is InChI=1S/C27H28N4O3S/c1-30-13-12-28-25(30)24(20-10-6-7-11-22(20)33-2)29-26(32)23-18-21(19-8-4-3-5-9-19)27(35-23)31-14-16-34-17-15-31/h3-13,18,24H,14-17H2,1-2H3,(H,29,32). The van der Waals surface area contributed by atoms with Crippen LogP contribution in [-0.2, 0) is 11.8 Å². The molecule has 8 heteroatoms. The Labute approximate surface area is 208 Å². The summed E-state index contributed by atoms with van der Waals surface area (Å²) in [6.07, 6.45) is 3.61. The Morgan fingerprint density at radius 3 is 2.57 bits per heavy atom. The fourth-order valence-electron chi connectivity index (χ4n) is 4.36. The Morgan fingerprint density at radius 1 is 1.11 bits per heavy atom. The molecule has 4 aromatic rings. The number of nitrogens with one attached hydrogen (secondary N) is 1. The molecular formula is C27H28N4O3S. The molecule has 180 valence electrons. The Hall–Kier alpha value is -3.62. The first-order valence-electron chi connectivity index (χ1n) is 11.6. The highest BCUT2D eigenvalue weighted by Gasteiger charge is 2.27. The van der Waals surface area contributed by atoms with Gasteiger partial charge in [0.25, 0.3) is 5.91 Å². The fraction of sp³-hybridized carbons (Fsp3) is 0.259. The smallest absolute Gasteiger partial charge is 0.262 e. The summed E-state index contributed by atoms with van der Waals surface area (Å²) in [5.41, 5.74) is 3.01. The predicted octanol–water partition coefficient (Wildman–Crippen LogP) is 4.51. The molecule has 1 aliphatic rings. The average molecular weight is 489 g/mol. The lowest BCUT2D eigenvalue weighted by molar-refractivity contribution is 0.0945. The number of morpholine rings is 1. The molecule has 1 aliphatic heterocycles. The highest BCUT2D eigenvalue weighted by Crippen LogP contribution is 2.40. The van der Waals surface area contributed by atoms with Crippen LogP contribution in [0.2, 0.25) is 0 Å². The minimum atomic E-state index is -0.465. The van der Waals surface area contributed by atoms with Crippen molar-refractivity contribution in [2.75, 3.05) is 38.3 Å². The molecule has 0 radical (unpaired) electrons. The lowest BCUT2D eigenvalue weighted by Crippen LogP contribution is -2.35. The van der Waals surface area contributed by atoms with E-state index in [0.717, 1.165) is 40.6 Å². The minimum Gasteiger partial charge on any atom is -0.496 e. The van der Waals surface area contributed by atoms with Crippen LogP contribution < -0.4 is 15.0 Å². The number of thiophene rings is 1. The van der Waals surface area contributed by atoms with Crippen molar-refractivity contribution in [1.29, 1.82) is 0 Å². The first-order valence-corrected chi connectivity index (χ1v) is 12.4. The summed E-state index contributed by atoms with van der Waals surface area (Å²) in [5, 5.41) is 4.32. The van der Waals surface area contributed by atoms with Gasteiger partial charge in [-0.05, 0) is 17.7 Å². The predicted molar refractivity (Wildman–Crippen MR) is 138 cm³/mol. The van der Waals surface area contributed by atoms with Crippen LogP contribution in [0.15, 0.2) is 73.1 Å². The molecule has 2 aromatic heterocycles. The van der Waals surface area contributed by atoms with E-state index in [1.807, 2.05) is 66.3 Å². The van der Waals surface area contributed by atoms with Crippen LogP contribution in [0, 0.1) is 0 Å². The maximum Gasteiger partial charge on any atom is 0.262 e. The average Bonchev–Trinajstić information content (AvgIpc) is 3.55. The van der Waals surface area contributed by atoms with Crippen molar-refractivity contribution in [1.82, 2.24) is 14.9 Å². The van der Waals surface area contributed by atoms with Crippen molar-refractivity contribution >= 4 is 22.2 Å². The fourth-order valence-corrected chi connectivity index (χ4v) is 5.50. The SMILES string of the molecule is COc1ccccc1C(NC(=O)c1cc(-c2ccccc2)c(N2CCOCC2)s1)c1nccn1C. The zero-order valence-electron chi connectivity index (χ0n) is 19.8. The van der Waals surface area contributed by atoms with Gasteiger partial charge >= 0.3 is 0 Å². The second-order valence-electron chi connectivity index (χ2n) is 8.34. The Bertz CT molecular complexity index is 1290. The Morgan fingerprint density at radius 2 is 1.86 bits per heavy atom. The molecule has 1 unspecified atom stereocenters. The maximum absolute atomic E-state index is 13.7. The second-order valence-corrected chi connectivity index (χ2v) is 9.37. The quantitative estimate of drug-likeness (QED) is 0.415. The zero-order valence-corrected chi connectivity index (χ0v) is 20.6. The number of carbonyl (C=O) groups excluding carboxylic acids is 1. The zero-order chi connectivity index (χ0) is 24.2. The van der Waals surface area contributed by atoms with Gasteiger partial charge in [-0.2, -0.15) is 0 Å². The summed E-state index contributed by atoms with van der Waals surface area (Å²) in [4.78, 5) is 21.2. The van der Waals surface area contributed by atoms with Crippen molar-refractivity contribution in [3.63, 3.8) is 0 Å². The molecule has 0 saturated carbocycles. The summed E-state index contributed by atoms with van der Waals surface area (Å²) < 4.78 is 13.1. The molecule has 1 saturated heterocycles. The minimum absolute atomic E-state index is 0.148. The Balaban J connectivity index is 1.52. The number of amides is 1. The van der Waals surface area contributed by atoms with E-state index in [1.54, 1.807) is 13.3 Å². The summed E-state index contributed by atoms with van der Waals surface area (Å²) in [7, 11) is 3.56. The van der Waals surface area contributed by atoms with Gasteiger partial charge in [0.2, 0.25) is 0 Å². The highest BCUT2D eigenvalue weighted by atomic mass is 32.1. The molecule has 3 heterocycles. The molecular weight excluding hydrogens is 460 g/mol. The van der Waals surface area contributed by atoms with E-state index in [1.165, 1.54) is 11.3 Å². The largest absolute Gasteiger partial charge is 0.496 e. The van der Waals surface area contributed by atoms with E-state index < -0.39 is 6.04 Å². The number of para-hydroxylation sites is 1. The van der Waals surface area contributed by atoms with Crippen LogP contribution in [0.3, 0.4) is 0 Å². The van der Waals surface area contributed by atoms with Gasteiger partial charge in [-0.25, -0.2) is 4.98 Å². The van der Waals surface area contributed by atoms with E-state index in [4.69, 9.17) is 9.47 Å². The number of rotatable bonds is 7. The van der Waals surface area contributed by atoms with E-state index in [2.05, 4.69) is 27.3 Å². The van der Waals surface area contributed by atoms with Gasteiger partial charge in [0.15, 0.2) is 0 Å². The highest BCUT2D eigenvalue weighted by molar-refractivity contribution is 7.18. The monoisotopic (exact) mass is 488 g/mol. The van der Waals surface area contributed by atoms with Gasteiger partial charge in [-0.3, -0.25) is 4.79 Å². The van der Waals surface area contributed by atoms with Gasteiger partial charge in [0.1, 0.15) is 17.6 Å². The van der Waals surface area contributed by atoms with Crippen molar-refractivity contribution in [3.05, 3.63) is 89.3 Å². The van der Waals surface area contributed by atoms with Crippen molar-refractivity contribution < 1.29 is 14.3 Å². The number of nitrogens with zero attached hydrogens (tertiary/aromatic N) is 3. The van der Waals surface area contributed by atoms with Crippen LogP contribution in [0.25, 0.3) is 11.1 Å². The number of hydrogen-bond acceptors (Lipinski definition) is 6. The van der Waals surface area contributed by atoms with Crippen LogP contribution in [-0.4, -0.2) is 48.9 Å². The van der Waals surface area contributed by atoms with Crippen molar-refractivity contribution in [3.8, 4) is 16.9 Å². The topological polar surface area (TPSA) is 68.6 Å². The number of ether oxygens (including phenoxy) is 2. The van der Waals surface area contributed by atoms with E-state index in [9.17, 15) is 4.79 Å². The van der Waals surface area contributed by atoms with Gasteiger partial charge < -0.3 is 24.3 Å². The number of benzene rings is 2. The molecule has 2 aromatic carbocycles. The summed E-state index contributed by atoms with van der Waals surface area (Å²) in [5.74, 6) is 1.28. The molecule has 35 heavy (non-hydrogen) atoms. The normalized spacial score (nSPS) is 14.5. The number of carbonyl (C=O) groups is 1. The first kappa shape index (κ1) is 23.1. The molecule has 0 spiro atoms. The van der Waals surface area contributed by atoms with Gasteiger partial charge in [-0.1, -0.05) is 48.5 Å². The van der Waals surface area contributed by atoms with Gasteiger partial charge in [-0.15, -0.1) is 11.3 Å². The lowest BCUT2D eigenvalue weighted by Gasteiger charge is -2.28. The van der Waals surface area contributed by atoms with Crippen LogP contribution in [0.1, 0.15) is 27.1 Å². The second kappa shape index (κ2) is 10.3. The molecule has 5 rings (SSSR count). The number of imidazole rings is 1. The summed E-state index contributed by atoms with van der Waals surface area (Å²) in [6, 6.07) is 19.5. The molecule has 1 atom stereocenters. The van der Waals surface area contributed by atoms with E-state index in [-0.39, 0.29) is 5.91 Å². The number of methoxy groups -OCH3 is 1. The molecule has 0 aliphatic carbocycles. The molecule has 1 fully saturated rings. The first-order chi connectivity index (χ1) is 17.2. The Kier molecular flexibility index (Phi) is 6.83. The van der Waals surface area contributed by atoms with Gasteiger partial charge in [0, 0.05) is 43.7 Å². The number of aromatic nitrogens is 2. The van der Waals surface area contributed by atoms with Crippen molar-refractivity contribution in [2.45, 2.75) is 6.04 Å². The van der Waals surface area contributed by atoms with Crippen LogP contribution in [0.4, 0.5) is 5.00 Å². The third-order valence-electron chi connectivity index (χ3n) is 6.16. The third-order valence-corrected chi connectivity index (χ3v) is 7.36. The van der Waals surface area contributed by atoms with Gasteiger partial charge in [0.05, 0.1) is 30.2 Å². The van der Waals surface area contributed by atoms with Crippen molar-refractivity contribution in [2.24, 2.45) is 7.05 Å². The maximum atomic E-state index is 13.7. The van der Waals surface area contributed by atoms with E-state index >= 15 is 0 Å². The number of anilines is 1. The summed E-state index contributed by atoms with van der Waals surface area (Å²) in [6.45, 7) is 2.97. The third kappa shape index (κ3) is 4.80. The van der Waals surface area contributed by atoms with Crippen LogP contribution in [0.5, 0.6) is 5.75 Å². The molecule has 1 amide bonds. The summed E-state index contributed by atoms with van der Waals surface area (Å²) >= 11 is 1.52. The molecule has 7 nitrogen and oxygen atoms in total.